The summed E-state index contributed by atoms with van der Waals surface area (Å²) in [4.78, 5) is 27.7. The normalized spacial score (nSPS) is 14.4. The molecule has 0 aromatic heterocycles. The number of rotatable bonds is 9. The Hall–Kier alpha value is -2.63. The molecule has 0 aliphatic carbocycles. The minimum Gasteiger partial charge on any atom is -0.379 e. The van der Waals surface area contributed by atoms with Gasteiger partial charge in [-0.25, -0.2) is 0 Å². The molecule has 1 aliphatic heterocycles. The van der Waals surface area contributed by atoms with Gasteiger partial charge in [0.05, 0.1) is 11.7 Å². The molecule has 1 N–H and O–H groups in total. The van der Waals surface area contributed by atoms with Gasteiger partial charge in [0.1, 0.15) is 5.70 Å². The molecule has 0 bridgehead atoms. The van der Waals surface area contributed by atoms with E-state index >= 15 is 0 Å². The highest BCUT2D eigenvalue weighted by molar-refractivity contribution is 6.36. The number of amides is 2. The Morgan fingerprint density at radius 2 is 1.58 bits per heavy atom. The Labute approximate surface area is 189 Å². The predicted molar refractivity (Wildman–Crippen MR) is 125 cm³/mol. The fourth-order valence-electron chi connectivity index (χ4n) is 3.42. The van der Waals surface area contributed by atoms with Crippen molar-refractivity contribution in [1.29, 1.82) is 0 Å². The minimum absolute atomic E-state index is 0.110. The Kier molecular flexibility index (Phi) is 7.52. The quantitative estimate of drug-likeness (QED) is 0.415. The van der Waals surface area contributed by atoms with Crippen molar-refractivity contribution in [2.45, 2.75) is 46.1 Å². The van der Waals surface area contributed by atoms with Gasteiger partial charge >= 0.3 is 0 Å². The topological polar surface area (TPSA) is 58.6 Å². The third kappa shape index (κ3) is 5.54. The van der Waals surface area contributed by atoms with Gasteiger partial charge in [-0.05, 0) is 61.6 Å². The van der Waals surface area contributed by atoms with Crippen LogP contribution in [0.1, 0.15) is 51.2 Å². The van der Waals surface area contributed by atoms with Crippen molar-refractivity contribution in [3.63, 3.8) is 0 Å². The number of nitrogens with one attached hydrogen (secondary N) is 1. The summed E-state index contributed by atoms with van der Waals surface area (Å²) < 4.78 is 5.56. The maximum absolute atomic E-state index is 13.2. The van der Waals surface area contributed by atoms with Gasteiger partial charge in [0.2, 0.25) is 0 Å². The van der Waals surface area contributed by atoms with Gasteiger partial charge in [-0.1, -0.05) is 49.7 Å². The Morgan fingerprint density at radius 1 is 0.935 bits per heavy atom. The highest BCUT2D eigenvalue weighted by Gasteiger charge is 2.38. The molecule has 0 spiro atoms. The monoisotopic (exact) mass is 440 g/mol. The van der Waals surface area contributed by atoms with Gasteiger partial charge in [0, 0.05) is 23.9 Å². The number of halogens is 1. The van der Waals surface area contributed by atoms with Crippen LogP contribution in [0, 0.1) is 0 Å². The van der Waals surface area contributed by atoms with Crippen LogP contribution >= 0.6 is 11.6 Å². The summed E-state index contributed by atoms with van der Waals surface area (Å²) in [5, 5.41) is 3.76. The largest absolute Gasteiger partial charge is 0.379 e. The first-order chi connectivity index (χ1) is 14.8. The third-order valence-corrected chi connectivity index (χ3v) is 5.38. The SMILES string of the molecule is CC(C)OCCCN1C(=O)C(Nc2ccc(C(C)C)cc2)=C(c2ccc(Cl)cc2)C1=O. The molecule has 0 radical (unpaired) electrons. The van der Waals surface area contributed by atoms with E-state index in [1.54, 1.807) is 24.3 Å². The Bertz CT molecular complexity index is 963. The number of carbonyl (C=O) groups is 2. The lowest BCUT2D eigenvalue weighted by molar-refractivity contribution is -0.137. The maximum atomic E-state index is 13.2. The van der Waals surface area contributed by atoms with Crippen molar-refractivity contribution in [2.24, 2.45) is 0 Å². The molecule has 164 valence electrons. The van der Waals surface area contributed by atoms with Gasteiger partial charge in [0.25, 0.3) is 11.8 Å². The van der Waals surface area contributed by atoms with E-state index in [9.17, 15) is 9.59 Å². The van der Waals surface area contributed by atoms with E-state index in [0.717, 1.165) is 5.69 Å². The fourth-order valence-corrected chi connectivity index (χ4v) is 3.54. The van der Waals surface area contributed by atoms with Gasteiger partial charge < -0.3 is 10.1 Å². The second-order valence-electron chi connectivity index (χ2n) is 8.19. The second kappa shape index (κ2) is 10.1. The number of hydrogen-bond acceptors (Lipinski definition) is 4. The van der Waals surface area contributed by atoms with Crippen molar-refractivity contribution in [2.75, 3.05) is 18.5 Å². The number of ether oxygens (including phenoxy) is 1. The highest BCUT2D eigenvalue weighted by atomic mass is 35.5. The lowest BCUT2D eigenvalue weighted by Crippen LogP contribution is -2.34. The number of anilines is 1. The third-order valence-electron chi connectivity index (χ3n) is 5.12. The Morgan fingerprint density at radius 3 is 2.16 bits per heavy atom. The summed E-state index contributed by atoms with van der Waals surface area (Å²) in [6.07, 6.45) is 0.693. The van der Waals surface area contributed by atoms with E-state index in [2.05, 4.69) is 19.2 Å². The van der Waals surface area contributed by atoms with Gasteiger partial charge in [-0.2, -0.15) is 0 Å². The lowest BCUT2D eigenvalue weighted by Gasteiger charge is -2.16. The smallest absolute Gasteiger partial charge is 0.278 e. The van der Waals surface area contributed by atoms with Crippen molar-refractivity contribution in [1.82, 2.24) is 4.90 Å². The molecule has 5 nitrogen and oxygen atoms in total. The summed E-state index contributed by atoms with van der Waals surface area (Å²) in [5.74, 6) is -0.221. The molecule has 0 saturated carbocycles. The zero-order valence-corrected chi connectivity index (χ0v) is 19.2. The second-order valence-corrected chi connectivity index (χ2v) is 8.63. The number of benzene rings is 2. The van der Waals surface area contributed by atoms with Crippen LogP contribution in [0.25, 0.3) is 5.57 Å². The molecule has 1 aliphatic rings. The van der Waals surface area contributed by atoms with Crippen LogP contribution in [-0.2, 0) is 14.3 Å². The fraction of sp³-hybridized carbons (Fsp3) is 0.360. The summed E-state index contributed by atoms with van der Waals surface area (Å²) >= 11 is 6.02. The highest BCUT2D eigenvalue weighted by Crippen LogP contribution is 2.31. The standard InChI is InChI=1S/C25H29ClN2O3/c1-16(2)18-8-12-21(13-9-18)27-23-22(19-6-10-20(26)11-7-19)24(29)28(25(23)30)14-5-15-31-17(3)4/h6-13,16-17,27H,5,14-15H2,1-4H3. The average Bonchev–Trinajstić information content (AvgIpc) is 2.96. The van der Waals surface area contributed by atoms with E-state index in [0.29, 0.717) is 41.6 Å². The zero-order valence-electron chi connectivity index (χ0n) is 18.4. The lowest BCUT2D eigenvalue weighted by atomic mass is 10.0. The van der Waals surface area contributed by atoms with Gasteiger partial charge in [0.15, 0.2) is 0 Å². The van der Waals surface area contributed by atoms with E-state index < -0.39 is 0 Å². The Balaban J connectivity index is 1.88. The number of hydrogen-bond donors (Lipinski definition) is 1. The first kappa shape index (κ1) is 23.0. The molecular formula is C25H29ClN2O3. The first-order valence-corrected chi connectivity index (χ1v) is 11.0. The van der Waals surface area contributed by atoms with Crippen LogP contribution in [-0.4, -0.2) is 36.0 Å². The maximum Gasteiger partial charge on any atom is 0.278 e. The summed E-state index contributed by atoms with van der Waals surface area (Å²) in [5.41, 5.74) is 3.27. The number of carbonyl (C=O) groups excluding carboxylic acids is 2. The summed E-state index contributed by atoms with van der Waals surface area (Å²) in [6, 6.07) is 14.9. The molecular weight excluding hydrogens is 412 g/mol. The number of nitrogens with zero attached hydrogens (tertiary/aromatic N) is 1. The summed E-state index contributed by atoms with van der Waals surface area (Å²) in [6.45, 7) is 8.97. The van der Waals surface area contributed by atoms with Crippen LogP contribution in [0.4, 0.5) is 5.69 Å². The molecule has 1 heterocycles. The molecule has 2 amide bonds. The minimum atomic E-state index is -0.326. The van der Waals surface area contributed by atoms with E-state index in [-0.39, 0.29) is 23.6 Å². The van der Waals surface area contributed by atoms with Crippen LogP contribution in [0.2, 0.25) is 5.02 Å². The molecule has 31 heavy (non-hydrogen) atoms. The molecule has 0 atom stereocenters. The molecule has 2 aromatic rings. The first-order valence-electron chi connectivity index (χ1n) is 10.6. The van der Waals surface area contributed by atoms with Crippen molar-refractivity contribution in [3.8, 4) is 0 Å². The van der Waals surface area contributed by atoms with Crippen LogP contribution in [0.15, 0.2) is 54.2 Å². The predicted octanol–water partition coefficient (Wildman–Crippen LogP) is 5.47. The van der Waals surface area contributed by atoms with Crippen LogP contribution in [0.3, 0.4) is 0 Å². The number of imide groups is 1. The zero-order chi connectivity index (χ0) is 22.5. The molecule has 0 saturated heterocycles. The van der Waals surface area contributed by atoms with E-state index in [1.807, 2.05) is 38.1 Å². The van der Waals surface area contributed by atoms with Crippen LogP contribution in [0.5, 0.6) is 0 Å². The van der Waals surface area contributed by atoms with Gasteiger partial charge in [-0.3, -0.25) is 14.5 Å². The van der Waals surface area contributed by atoms with E-state index in [4.69, 9.17) is 16.3 Å². The summed E-state index contributed by atoms with van der Waals surface area (Å²) in [7, 11) is 0. The van der Waals surface area contributed by atoms with Crippen molar-refractivity contribution >= 4 is 34.7 Å². The van der Waals surface area contributed by atoms with Crippen molar-refractivity contribution < 1.29 is 14.3 Å². The van der Waals surface area contributed by atoms with E-state index in [1.165, 1.54) is 10.5 Å². The molecule has 0 fully saturated rings. The van der Waals surface area contributed by atoms with Crippen molar-refractivity contribution in [3.05, 3.63) is 70.4 Å². The molecule has 3 rings (SSSR count). The molecule has 0 unspecified atom stereocenters. The molecule has 2 aromatic carbocycles. The average molecular weight is 441 g/mol. The molecule has 6 heteroatoms. The van der Waals surface area contributed by atoms with Gasteiger partial charge in [-0.15, -0.1) is 0 Å². The van der Waals surface area contributed by atoms with Crippen LogP contribution < -0.4 is 5.32 Å².